The number of aryl methyl sites for hydroxylation is 2. The van der Waals surface area contributed by atoms with Crippen molar-refractivity contribution in [2.24, 2.45) is 0 Å². The molecule has 12 rings (SSSR count). The van der Waals surface area contributed by atoms with Crippen molar-refractivity contribution in [2.75, 3.05) is 4.90 Å². The topological polar surface area (TPSA) is 20.3 Å². The van der Waals surface area contributed by atoms with Crippen LogP contribution in [0.4, 0.5) is 17.1 Å². The number of anilines is 3. The molecule has 9 aromatic rings. The molecule has 4 heteroatoms. The summed E-state index contributed by atoms with van der Waals surface area (Å²) in [5.41, 5.74) is 13.1. The van der Waals surface area contributed by atoms with Crippen LogP contribution >= 0.6 is 7.14 Å². The van der Waals surface area contributed by atoms with Gasteiger partial charge in [-0.3, -0.25) is 0 Å². The molecular weight excluding hydrogens is 818 g/mol. The van der Waals surface area contributed by atoms with Crippen molar-refractivity contribution in [1.29, 1.82) is 0 Å². The summed E-state index contributed by atoms with van der Waals surface area (Å²) in [7, 11) is -3.34. The Morgan fingerprint density at radius 3 is 1.48 bits per heavy atom. The predicted octanol–water partition coefficient (Wildman–Crippen LogP) is 9.78. The zero-order valence-electron chi connectivity index (χ0n) is 34.1. The van der Waals surface area contributed by atoms with Crippen LogP contribution in [0.3, 0.4) is 0 Å². The second-order valence-corrected chi connectivity index (χ2v) is 27.4. The number of hydrogen-bond donors (Lipinski definition) is 0. The van der Waals surface area contributed by atoms with Gasteiger partial charge in [-0.1, -0.05) is 0 Å². The van der Waals surface area contributed by atoms with E-state index in [2.05, 4.69) is 219 Å². The van der Waals surface area contributed by atoms with Crippen LogP contribution in [-0.4, -0.2) is 13.3 Å². The van der Waals surface area contributed by atoms with Crippen LogP contribution in [0.5, 0.6) is 0 Å². The first-order valence-corrected chi connectivity index (χ1v) is 27.1. The molecule has 0 N–H and O–H groups in total. The van der Waals surface area contributed by atoms with Crippen LogP contribution in [0.25, 0.3) is 11.1 Å². The summed E-state index contributed by atoms with van der Waals surface area (Å²) in [5.74, 6) is 0. The fraction of sp³-hybridized carbons (Fsp3) is 0.0526. The molecular formula is C57H42GeNOP. The number of hydrogen-bond acceptors (Lipinski definition) is 2. The van der Waals surface area contributed by atoms with Gasteiger partial charge in [0, 0.05) is 0 Å². The van der Waals surface area contributed by atoms with Crippen LogP contribution in [-0.2, 0) is 9.98 Å². The van der Waals surface area contributed by atoms with E-state index in [9.17, 15) is 0 Å². The Bertz CT molecular complexity index is 3130. The molecule has 0 saturated carbocycles. The van der Waals surface area contributed by atoms with Crippen molar-refractivity contribution in [1.82, 2.24) is 0 Å². The average molecular weight is 861 g/mol. The molecule has 0 fully saturated rings. The molecule has 1 unspecified atom stereocenters. The molecule has 1 atom stereocenters. The molecule has 0 saturated heterocycles. The number of fused-ring (bicyclic) bond motifs is 11. The van der Waals surface area contributed by atoms with E-state index in [0.29, 0.717) is 0 Å². The fourth-order valence-corrected chi connectivity index (χ4v) is 28.1. The standard InChI is InChI=1S/C57H42GeNOP/c1-39-30-33-53-49(36-39)57(47-26-14-12-24-45(47)46-25-13-15-27-48(46)57)50-37-40(2)31-34-54(50)59(53)43-32-35-56-52(38-43)58(41-18-6-3-7-19-41,42-20-8-4-9-21-42)51-28-16-17-29-55(51)61(56,60)44-22-10-5-11-23-44/h3-38H,1-2H3. The molecule has 2 aliphatic heterocycles. The van der Waals surface area contributed by atoms with Gasteiger partial charge in [-0.15, -0.1) is 0 Å². The summed E-state index contributed by atoms with van der Waals surface area (Å²) in [4.78, 5) is 2.51. The summed E-state index contributed by atoms with van der Waals surface area (Å²) >= 11 is -3.94. The van der Waals surface area contributed by atoms with Gasteiger partial charge < -0.3 is 0 Å². The first-order valence-electron chi connectivity index (χ1n) is 21.2. The molecule has 0 aromatic heterocycles. The normalized spacial score (nSPS) is 17.0. The van der Waals surface area contributed by atoms with Gasteiger partial charge in [0.1, 0.15) is 0 Å². The zero-order chi connectivity index (χ0) is 40.9. The Morgan fingerprint density at radius 1 is 0.426 bits per heavy atom. The quantitative estimate of drug-likeness (QED) is 0.130. The van der Waals surface area contributed by atoms with Gasteiger partial charge in [0.15, 0.2) is 0 Å². The third-order valence-electron chi connectivity index (χ3n) is 13.7. The molecule has 0 bridgehead atoms. The van der Waals surface area contributed by atoms with Crippen LogP contribution < -0.4 is 38.4 Å². The minimum atomic E-state index is -3.94. The Balaban J connectivity index is 1.21. The van der Waals surface area contributed by atoms with Crippen LogP contribution in [0.15, 0.2) is 218 Å². The summed E-state index contributed by atoms with van der Waals surface area (Å²) in [5, 5.41) is 2.79. The predicted molar refractivity (Wildman–Crippen MR) is 258 cm³/mol. The number of rotatable bonds is 4. The third-order valence-corrected chi connectivity index (χ3v) is 28.0. The zero-order valence-corrected chi connectivity index (χ0v) is 37.1. The van der Waals surface area contributed by atoms with Crippen LogP contribution in [0.2, 0.25) is 0 Å². The molecule has 61 heavy (non-hydrogen) atoms. The molecule has 1 spiro atoms. The monoisotopic (exact) mass is 861 g/mol. The van der Waals surface area contributed by atoms with Crippen LogP contribution in [0.1, 0.15) is 33.4 Å². The van der Waals surface area contributed by atoms with E-state index < -0.39 is 25.8 Å². The van der Waals surface area contributed by atoms with Crippen LogP contribution in [0, 0.1) is 13.8 Å². The Kier molecular flexibility index (Phi) is 8.08. The summed E-state index contributed by atoms with van der Waals surface area (Å²) in [6.07, 6.45) is 0. The van der Waals surface area contributed by atoms with Crippen molar-refractivity contribution >= 4 is 71.0 Å². The van der Waals surface area contributed by atoms with E-state index in [1.165, 1.54) is 62.1 Å². The van der Waals surface area contributed by atoms with Gasteiger partial charge in [-0.05, 0) is 0 Å². The van der Waals surface area contributed by atoms with E-state index in [1.807, 2.05) is 18.2 Å². The van der Waals surface area contributed by atoms with Crippen molar-refractivity contribution in [3.05, 3.63) is 252 Å². The van der Waals surface area contributed by atoms with Gasteiger partial charge in [0.2, 0.25) is 0 Å². The molecule has 2 heterocycles. The van der Waals surface area contributed by atoms with E-state index in [0.717, 1.165) is 33.0 Å². The van der Waals surface area contributed by atoms with Crippen molar-refractivity contribution in [3.63, 3.8) is 0 Å². The molecule has 9 aromatic carbocycles. The van der Waals surface area contributed by atoms with E-state index >= 15 is 4.57 Å². The van der Waals surface area contributed by atoms with Crippen molar-refractivity contribution in [3.8, 4) is 11.1 Å². The Morgan fingerprint density at radius 2 is 0.902 bits per heavy atom. The summed E-state index contributed by atoms with van der Waals surface area (Å²) in [6.45, 7) is 4.44. The second-order valence-electron chi connectivity index (χ2n) is 16.9. The molecule has 3 aliphatic rings. The molecule has 1 aliphatic carbocycles. The van der Waals surface area contributed by atoms with E-state index in [1.54, 1.807) is 0 Å². The van der Waals surface area contributed by atoms with Crippen molar-refractivity contribution < 1.29 is 4.57 Å². The first kappa shape index (κ1) is 36.4. The van der Waals surface area contributed by atoms with Gasteiger partial charge >= 0.3 is 363 Å². The number of benzene rings is 9. The number of nitrogens with zero attached hydrogens (tertiary/aromatic N) is 1. The third kappa shape index (κ3) is 4.84. The van der Waals surface area contributed by atoms with E-state index in [-0.39, 0.29) is 0 Å². The first-order chi connectivity index (χ1) is 30.0. The van der Waals surface area contributed by atoms with Gasteiger partial charge in [0.05, 0.1) is 0 Å². The Hall–Kier alpha value is -6.45. The summed E-state index contributed by atoms with van der Waals surface area (Å²) in [6, 6.07) is 80.3. The maximum atomic E-state index is 16.6. The SMILES string of the molecule is Cc1ccc2c(c1)C1(c3ccccc3-c3ccccc31)c1cc(C)ccc1N2c1ccc2[c](c1)[Ge]([c]1ccccc1)([c]1ccccc1)[c]1ccccc1P2(=O)c1ccccc1. The second kappa shape index (κ2) is 13.5. The van der Waals surface area contributed by atoms with Gasteiger partial charge in [-0.25, -0.2) is 0 Å². The summed E-state index contributed by atoms with van der Waals surface area (Å²) < 4.78 is 21.7. The molecule has 0 amide bonds. The Labute approximate surface area is 360 Å². The average Bonchev–Trinajstić information content (AvgIpc) is 3.61. The minimum absolute atomic E-state index is 0.516. The van der Waals surface area contributed by atoms with Gasteiger partial charge in [0.25, 0.3) is 0 Å². The molecule has 0 radical (unpaired) electrons. The fourth-order valence-electron chi connectivity index (χ4n) is 11.3. The molecule has 2 nitrogen and oxygen atoms in total. The maximum absolute atomic E-state index is 16.6. The molecule has 290 valence electrons. The van der Waals surface area contributed by atoms with Crippen molar-refractivity contribution in [2.45, 2.75) is 19.3 Å². The van der Waals surface area contributed by atoms with E-state index in [4.69, 9.17) is 0 Å². The van der Waals surface area contributed by atoms with Gasteiger partial charge in [-0.2, -0.15) is 0 Å².